The Morgan fingerprint density at radius 1 is 1.27 bits per heavy atom. The predicted molar refractivity (Wildman–Crippen MR) is 81.7 cm³/mol. The van der Waals surface area contributed by atoms with Crippen molar-refractivity contribution in [2.75, 3.05) is 5.32 Å². The predicted octanol–water partition coefficient (Wildman–Crippen LogP) is 2.37. The van der Waals surface area contributed by atoms with Crippen molar-refractivity contribution in [1.29, 1.82) is 0 Å². The molecule has 1 amide bonds. The molecule has 0 aromatic heterocycles. The van der Waals surface area contributed by atoms with Gasteiger partial charge in [-0.3, -0.25) is 9.59 Å². The van der Waals surface area contributed by atoms with E-state index in [1.54, 1.807) is 0 Å². The van der Waals surface area contributed by atoms with Crippen molar-refractivity contribution in [2.24, 2.45) is 11.8 Å². The molecule has 4 atom stereocenters. The molecule has 22 heavy (non-hydrogen) atoms. The summed E-state index contributed by atoms with van der Waals surface area (Å²) in [6, 6.07) is 5.89. The van der Waals surface area contributed by atoms with E-state index in [1.165, 1.54) is 0 Å². The molecule has 2 fully saturated rings. The Bertz CT molecular complexity index is 613. The smallest absolute Gasteiger partial charge is 0.310 e. The molecule has 5 heteroatoms. The van der Waals surface area contributed by atoms with Crippen molar-refractivity contribution in [3.63, 3.8) is 0 Å². The SMILES string of the molecule is CCc1cccc(C)c1NC(=O)[C@@H]1[C@@H](C(=O)O)[C@@H]2CC[C@H]1O2. The Balaban J connectivity index is 1.84. The fourth-order valence-corrected chi connectivity index (χ4v) is 3.73. The summed E-state index contributed by atoms with van der Waals surface area (Å²) in [5, 5.41) is 12.4. The van der Waals surface area contributed by atoms with Gasteiger partial charge in [-0.2, -0.15) is 0 Å². The fraction of sp³-hybridized carbons (Fsp3) is 0.529. The number of fused-ring (bicyclic) bond motifs is 2. The van der Waals surface area contributed by atoms with Crippen LogP contribution in [0.25, 0.3) is 0 Å². The second-order valence-corrected chi connectivity index (χ2v) is 6.13. The molecule has 118 valence electrons. The summed E-state index contributed by atoms with van der Waals surface area (Å²) >= 11 is 0. The molecule has 3 rings (SSSR count). The summed E-state index contributed by atoms with van der Waals surface area (Å²) in [6.07, 6.45) is 1.73. The van der Waals surface area contributed by atoms with Gasteiger partial charge in [0.1, 0.15) is 0 Å². The van der Waals surface area contributed by atoms with Crippen molar-refractivity contribution in [2.45, 2.75) is 45.3 Å². The standard InChI is InChI=1S/C17H21NO4/c1-3-10-6-4-5-9(2)15(10)18-16(19)13-11-7-8-12(22-11)14(13)17(20)21/h4-6,11-14H,3,7-8H2,1-2H3,(H,18,19)(H,20,21)/t11-,12+,13+,14+/m1/s1. The molecular formula is C17H21NO4. The first-order chi connectivity index (χ1) is 10.5. The van der Waals surface area contributed by atoms with Crippen LogP contribution < -0.4 is 5.32 Å². The number of nitrogens with one attached hydrogen (secondary N) is 1. The van der Waals surface area contributed by atoms with Crippen molar-refractivity contribution in [3.05, 3.63) is 29.3 Å². The third-order valence-corrected chi connectivity index (χ3v) is 4.85. The number of carboxylic acids is 1. The minimum atomic E-state index is -0.937. The van der Waals surface area contributed by atoms with Gasteiger partial charge in [0.25, 0.3) is 0 Å². The normalized spacial score (nSPS) is 29.5. The van der Waals surface area contributed by atoms with Gasteiger partial charge in [0.2, 0.25) is 5.91 Å². The minimum Gasteiger partial charge on any atom is -0.481 e. The van der Waals surface area contributed by atoms with Gasteiger partial charge < -0.3 is 15.2 Å². The van der Waals surface area contributed by atoms with Crippen LogP contribution >= 0.6 is 0 Å². The van der Waals surface area contributed by atoms with E-state index in [0.29, 0.717) is 0 Å². The Morgan fingerprint density at radius 2 is 1.95 bits per heavy atom. The molecule has 5 nitrogen and oxygen atoms in total. The highest BCUT2D eigenvalue weighted by Gasteiger charge is 2.55. The number of rotatable bonds is 4. The Morgan fingerprint density at radius 3 is 2.59 bits per heavy atom. The number of benzene rings is 1. The molecule has 2 N–H and O–H groups in total. The van der Waals surface area contributed by atoms with Crippen LogP contribution in [0.4, 0.5) is 5.69 Å². The number of hydrogen-bond donors (Lipinski definition) is 2. The molecular weight excluding hydrogens is 282 g/mol. The van der Waals surface area contributed by atoms with E-state index in [2.05, 4.69) is 5.32 Å². The highest BCUT2D eigenvalue weighted by atomic mass is 16.5. The van der Waals surface area contributed by atoms with Crippen LogP contribution in [0.1, 0.15) is 30.9 Å². The lowest BCUT2D eigenvalue weighted by Gasteiger charge is -2.24. The van der Waals surface area contributed by atoms with Crippen molar-refractivity contribution >= 4 is 17.6 Å². The maximum atomic E-state index is 12.7. The average molecular weight is 303 g/mol. The topological polar surface area (TPSA) is 75.6 Å². The van der Waals surface area contributed by atoms with E-state index in [4.69, 9.17) is 4.74 Å². The number of carbonyl (C=O) groups excluding carboxylic acids is 1. The molecule has 0 saturated carbocycles. The number of carboxylic acid groups (broad SMARTS) is 1. The summed E-state index contributed by atoms with van der Waals surface area (Å²) < 4.78 is 5.66. The van der Waals surface area contributed by atoms with Gasteiger partial charge in [-0.1, -0.05) is 25.1 Å². The zero-order chi connectivity index (χ0) is 15.9. The zero-order valence-corrected chi connectivity index (χ0v) is 12.8. The lowest BCUT2D eigenvalue weighted by molar-refractivity contribution is -0.147. The first-order valence-electron chi connectivity index (χ1n) is 7.80. The van der Waals surface area contributed by atoms with Crippen LogP contribution in [0.3, 0.4) is 0 Å². The highest BCUT2D eigenvalue weighted by molar-refractivity contribution is 5.97. The van der Waals surface area contributed by atoms with Crippen LogP contribution in [-0.2, 0) is 20.7 Å². The summed E-state index contributed by atoms with van der Waals surface area (Å²) in [4.78, 5) is 24.2. The van der Waals surface area contributed by atoms with Crippen LogP contribution in [0.15, 0.2) is 18.2 Å². The minimum absolute atomic E-state index is 0.233. The Kier molecular flexibility index (Phi) is 3.91. The third kappa shape index (κ3) is 2.39. The van der Waals surface area contributed by atoms with Crippen molar-refractivity contribution in [1.82, 2.24) is 0 Å². The van der Waals surface area contributed by atoms with Crippen LogP contribution in [0.5, 0.6) is 0 Å². The quantitative estimate of drug-likeness (QED) is 0.895. The van der Waals surface area contributed by atoms with E-state index >= 15 is 0 Å². The molecule has 0 spiro atoms. The molecule has 0 radical (unpaired) electrons. The number of aliphatic carboxylic acids is 1. The zero-order valence-electron chi connectivity index (χ0n) is 12.8. The van der Waals surface area contributed by atoms with E-state index < -0.39 is 17.8 Å². The Labute approximate surface area is 129 Å². The number of para-hydroxylation sites is 1. The molecule has 0 aliphatic carbocycles. The molecule has 1 aromatic carbocycles. The van der Waals surface area contributed by atoms with Gasteiger partial charge in [0.05, 0.1) is 24.0 Å². The van der Waals surface area contributed by atoms with Crippen LogP contribution in [0, 0.1) is 18.8 Å². The number of amides is 1. The van der Waals surface area contributed by atoms with E-state index in [9.17, 15) is 14.7 Å². The molecule has 2 aliphatic heterocycles. The number of aryl methyl sites for hydroxylation is 2. The summed E-state index contributed by atoms with van der Waals surface area (Å²) in [5.74, 6) is -2.50. The number of ether oxygens (including phenoxy) is 1. The largest absolute Gasteiger partial charge is 0.481 e. The van der Waals surface area contributed by atoms with Gasteiger partial charge in [0.15, 0.2) is 0 Å². The highest BCUT2D eigenvalue weighted by Crippen LogP contribution is 2.44. The maximum absolute atomic E-state index is 12.7. The average Bonchev–Trinajstić information content (AvgIpc) is 3.09. The summed E-state index contributed by atoms with van der Waals surface area (Å²) in [7, 11) is 0. The van der Waals surface area contributed by atoms with Crippen LogP contribution in [0.2, 0.25) is 0 Å². The maximum Gasteiger partial charge on any atom is 0.310 e. The van der Waals surface area contributed by atoms with Gasteiger partial charge in [-0.15, -0.1) is 0 Å². The monoisotopic (exact) mass is 303 g/mol. The van der Waals surface area contributed by atoms with Gasteiger partial charge in [-0.05, 0) is 37.3 Å². The van der Waals surface area contributed by atoms with Gasteiger partial charge in [0, 0.05) is 5.69 Å². The molecule has 2 bridgehead atoms. The molecule has 0 unspecified atom stereocenters. The van der Waals surface area contributed by atoms with Gasteiger partial charge in [-0.25, -0.2) is 0 Å². The summed E-state index contributed by atoms with van der Waals surface area (Å²) in [6.45, 7) is 3.98. The fourth-order valence-electron chi connectivity index (χ4n) is 3.73. The second kappa shape index (κ2) is 5.72. The lowest BCUT2D eigenvalue weighted by Crippen LogP contribution is -2.41. The molecule has 2 heterocycles. The van der Waals surface area contributed by atoms with E-state index in [0.717, 1.165) is 36.1 Å². The first kappa shape index (κ1) is 15.0. The lowest BCUT2D eigenvalue weighted by atomic mass is 9.78. The third-order valence-electron chi connectivity index (χ3n) is 4.85. The number of anilines is 1. The van der Waals surface area contributed by atoms with Crippen molar-refractivity contribution < 1.29 is 19.4 Å². The number of carbonyl (C=O) groups is 2. The van der Waals surface area contributed by atoms with E-state index in [-0.39, 0.29) is 18.1 Å². The van der Waals surface area contributed by atoms with Crippen LogP contribution in [-0.4, -0.2) is 29.2 Å². The molecule has 2 saturated heterocycles. The number of hydrogen-bond acceptors (Lipinski definition) is 3. The Hall–Kier alpha value is -1.88. The van der Waals surface area contributed by atoms with E-state index in [1.807, 2.05) is 32.0 Å². The van der Waals surface area contributed by atoms with Gasteiger partial charge >= 0.3 is 5.97 Å². The molecule has 2 aliphatic rings. The summed E-state index contributed by atoms with van der Waals surface area (Å²) in [5.41, 5.74) is 2.86. The second-order valence-electron chi connectivity index (χ2n) is 6.13. The van der Waals surface area contributed by atoms with Crippen molar-refractivity contribution in [3.8, 4) is 0 Å². The first-order valence-corrected chi connectivity index (χ1v) is 7.80. The molecule has 1 aromatic rings.